The van der Waals surface area contributed by atoms with Gasteiger partial charge in [-0.25, -0.2) is 9.13 Å². The summed E-state index contributed by atoms with van der Waals surface area (Å²) < 4.78 is 68.9. The third kappa shape index (κ3) is 79.6. The molecule has 0 heterocycles. The fraction of sp³-hybridized carbons (Fsp3) is 0.908. The van der Waals surface area contributed by atoms with E-state index >= 15 is 0 Å². The summed E-state index contributed by atoms with van der Waals surface area (Å²) in [6.45, 7) is 5.00. The molecule has 5 atom stereocenters. The van der Waals surface area contributed by atoms with Gasteiger partial charge in [0.05, 0.1) is 26.4 Å². The Bertz CT molecular complexity index is 2090. The molecule has 17 nitrogen and oxygen atoms in total. The van der Waals surface area contributed by atoms with Crippen LogP contribution in [-0.2, 0) is 65.4 Å². The Hall–Kier alpha value is -2.46. The maximum atomic E-state index is 13.2. The van der Waals surface area contributed by atoms with Gasteiger partial charge in [-0.2, -0.15) is 0 Å². The molecule has 0 aromatic rings. The molecule has 0 aliphatic carbocycles. The highest BCUT2D eigenvalue weighted by Crippen LogP contribution is 2.45. The summed E-state index contributed by atoms with van der Waals surface area (Å²) in [6, 6.07) is 0. The van der Waals surface area contributed by atoms with Crippen molar-refractivity contribution in [2.24, 2.45) is 0 Å². The molecule has 19 heteroatoms. The summed E-state index contributed by atoms with van der Waals surface area (Å²) in [6.07, 6.45) is 78.5. The van der Waals surface area contributed by atoms with Crippen LogP contribution in [0.1, 0.15) is 451 Å². The zero-order chi connectivity index (χ0) is 77.4. The van der Waals surface area contributed by atoms with Gasteiger partial charge in [0.15, 0.2) is 12.2 Å². The first-order valence-electron chi connectivity index (χ1n) is 44.6. The van der Waals surface area contributed by atoms with Gasteiger partial charge in [0.2, 0.25) is 0 Å². The van der Waals surface area contributed by atoms with Crippen molar-refractivity contribution >= 4 is 39.5 Å². The van der Waals surface area contributed by atoms with Crippen LogP contribution in [0.4, 0.5) is 0 Å². The third-order valence-electron chi connectivity index (χ3n) is 20.0. The van der Waals surface area contributed by atoms with Gasteiger partial charge in [-0.1, -0.05) is 399 Å². The normalized spacial score (nSPS) is 13.8. The molecule has 0 rings (SSSR count). The van der Waals surface area contributed by atoms with Crippen LogP contribution in [0.3, 0.4) is 0 Å². The van der Waals surface area contributed by atoms with E-state index in [1.54, 1.807) is 0 Å². The summed E-state index contributed by atoms with van der Waals surface area (Å²) in [5.41, 5.74) is 0. The number of aliphatic hydroxyl groups excluding tert-OH is 1. The van der Waals surface area contributed by atoms with Gasteiger partial charge in [0.1, 0.15) is 19.3 Å². The number of phosphoric ester groups is 2. The number of ether oxygens (including phenoxy) is 4. The van der Waals surface area contributed by atoms with Crippen LogP contribution in [0.25, 0.3) is 0 Å². The molecule has 0 aliphatic rings. The van der Waals surface area contributed by atoms with Gasteiger partial charge in [-0.05, 0) is 51.4 Å². The number of phosphoric acid groups is 2. The average molecular weight is 1550 g/mol. The second-order valence-electron chi connectivity index (χ2n) is 30.6. The SMILES string of the molecule is CCCCCC/C=C\C=C/CCCCCCCC(=O)O[C@H](COC(=O)CCCCCCCCCCCCCCC)COP(=O)(O)OC[C@H](O)COP(=O)(O)OC[C@@H](COC(=O)CCCCCCCCCCCCCCCCCCC)OC(=O)CCCCCCCCCCCCCCCCCCCCCCC. The standard InChI is InChI=1S/C87H166O17P2/c1-5-9-13-17-21-25-29-33-36-38-39-40-41-43-46-50-54-58-62-66-70-74-87(92)104-83(78-98-85(90)72-68-64-60-56-52-48-45-42-37-34-30-26-22-18-14-10-6-2)80-102-106(95,96)100-76-81(88)75-99-105(93,94)101-79-82(77-97-84(89)71-67-63-59-55-51-47-32-28-24-20-16-12-8-4)103-86(91)73-69-65-61-57-53-49-44-35-31-27-23-19-15-11-7-3/h27,31,35,44,81-83,88H,5-26,28-30,32-34,36-43,45-80H2,1-4H3,(H,93,94)(H,95,96)/b31-27-,44-35-/t81-,82+,83+/m0/s1. The highest BCUT2D eigenvalue weighted by Gasteiger charge is 2.30. The van der Waals surface area contributed by atoms with Gasteiger partial charge < -0.3 is 33.8 Å². The number of carbonyl (C=O) groups is 4. The quantitative estimate of drug-likeness (QED) is 0.0169. The van der Waals surface area contributed by atoms with Crippen molar-refractivity contribution in [1.29, 1.82) is 0 Å². The Kier molecular flexibility index (Phi) is 78.7. The van der Waals surface area contributed by atoms with Crippen LogP contribution in [0.15, 0.2) is 24.3 Å². The van der Waals surface area contributed by atoms with Crippen LogP contribution in [-0.4, -0.2) is 96.7 Å². The summed E-state index contributed by atoms with van der Waals surface area (Å²) in [7, 11) is -9.94. The summed E-state index contributed by atoms with van der Waals surface area (Å²) in [4.78, 5) is 73.3. The number of rotatable bonds is 86. The Morgan fingerprint density at radius 2 is 0.453 bits per heavy atom. The number of unbranched alkanes of at least 4 members (excludes halogenated alkanes) is 57. The maximum Gasteiger partial charge on any atom is 0.472 e. The smallest absolute Gasteiger partial charge is 0.462 e. The molecule has 2 unspecified atom stereocenters. The molecule has 0 amide bonds. The first-order valence-corrected chi connectivity index (χ1v) is 47.6. The lowest BCUT2D eigenvalue weighted by molar-refractivity contribution is -0.161. The maximum absolute atomic E-state index is 13.2. The molecule has 0 aliphatic heterocycles. The van der Waals surface area contributed by atoms with E-state index in [4.69, 9.17) is 37.0 Å². The molecule has 106 heavy (non-hydrogen) atoms. The summed E-state index contributed by atoms with van der Waals surface area (Å²) >= 11 is 0. The Labute approximate surface area is 650 Å². The minimum absolute atomic E-state index is 0.0862. The lowest BCUT2D eigenvalue weighted by Crippen LogP contribution is -2.30. The second kappa shape index (κ2) is 80.6. The first-order chi connectivity index (χ1) is 51.7. The molecule has 0 spiro atoms. The minimum Gasteiger partial charge on any atom is -0.462 e. The molecule has 0 aromatic carbocycles. The van der Waals surface area contributed by atoms with Crippen molar-refractivity contribution in [1.82, 2.24) is 0 Å². The topological polar surface area (TPSA) is 237 Å². The molecule has 0 radical (unpaired) electrons. The van der Waals surface area contributed by atoms with Crippen molar-refractivity contribution in [3.8, 4) is 0 Å². The van der Waals surface area contributed by atoms with Crippen LogP contribution in [0.2, 0.25) is 0 Å². The van der Waals surface area contributed by atoms with Crippen LogP contribution in [0, 0.1) is 0 Å². The predicted molar refractivity (Wildman–Crippen MR) is 437 cm³/mol. The van der Waals surface area contributed by atoms with Crippen molar-refractivity contribution in [2.45, 2.75) is 470 Å². The zero-order valence-corrected chi connectivity index (χ0v) is 70.7. The zero-order valence-electron chi connectivity index (χ0n) is 68.9. The number of hydrogen-bond acceptors (Lipinski definition) is 15. The van der Waals surface area contributed by atoms with E-state index in [9.17, 15) is 43.2 Å². The van der Waals surface area contributed by atoms with Gasteiger partial charge >= 0.3 is 39.5 Å². The molecule has 0 aromatic heterocycles. The fourth-order valence-electron chi connectivity index (χ4n) is 13.2. The number of esters is 4. The highest BCUT2D eigenvalue weighted by molar-refractivity contribution is 7.47. The Balaban J connectivity index is 5.28. The summed E-state index contributed by atoms with van der Waals surface area (Å²) in [5, 5.41) is 10.7. The van der Waals surface area contributed by atoms with Crippen molar-refractivity contribution in [2.75, 3.05) is 39.6 Å². The average Bonchev–Trinajstić information content (AvgIpc) is 0.923. The monoisotopic (exact) mass is 1550 g/mol. The van der Waals surface area contributed by atoms with E-state index in [-0.39, 0.29) is 25.7 Å². The van der Waals surface area contributed by atoms with Gasteiger partial charge in [0, 0.05) is 25.7 Å². The molecule has 0 saturated carbocycles. The highest BCUT2D eigenvalue weighted by atomic mass is 31.2. The van der Waals surface area contributed by atoms with Crippen molar-refractivity contribution in [3.05, 3.63) is 24.3 Å². The number of carbonyl (C=O) groups excluding carboxylic acids is 4. The van der Waals surface area contributed by atoms with E-state index in [2.05, 4.69) is 52.0 Å². The lowest BCUT2D eigenvalue weighted by Gasteiger charge is -2.21. The van der Waals surface area contributed by atoms with Crippen LogP contribution < -0.4 is 0 Å². The van der Waals surface area contributed by atoms with Gasteiger partial charge in [-0.15, -0.1) is 0 Å². The first kappa shape index (κ1) is 104. The van der Waals surface area contributed by atoms with Crippen LogP contribution >= 0.6 is 15.6 Å². The Morgan fingerprint density at radius 3 is 0.689 bits per heavy atom. The number of aliphatic hydroxyl groups is 1. The molecule has 626 valence electrons. The van der Waals surface area contributed by atoms with Gasteiger partial charge in [-0.3, -0.25) is 37.3 Å². The largest absolute Gasteiger partial charge is 0.472 e. The van der Waals surface area contributed by atoms with Crippen LogP contribution in [0.5, 0.6) is 0 Å². The molecule has 3 N–H and O–H groups in total. The molecular formula is C87H166O17P2. The molecular weight excluding hydrogens is 1380 g/mol. The number of hydrogen-bond donors (Lipinski definition) is 3. The van der Waals surface area contributed by atoms with Crippen molar-refractivity contribution in [3.63, 3.8) is 0 Å². The van der Waals surface area contributed by atoms with Crippen molar-refractivity contribution < 1.29 is 80.2 Å². The minimum atomic E-state index is -4.97. The third-order valence-corrected chi connectivity index (χ3v) is 21.9. The molecule has 0 bridgehead atoms. The van der Waals surface area contributed by atoms with E-state index in [1.807, 2.05) is 0 Å². The predicted octanol–water partition coefficient (Wildman–Crippen LogP) is 26.5. The second-order valence-corrected chi connectivity index (χ2v) is 33.5. The number of allylic oxidation sites excluding steroid dienone is 4. The fourth-order valence-corrected chi connectivity index (χ4v) is 14.7. The van der Waals surface area contributed by atoms with E-state index in [0.29, 0.717) is 25.7 Å². The van der Waals surface area contributed by atoms with Gasteiger partial charge in [0.25, 0.3) is 0 Å². The molecule has 0 fully saturated rings. The van der Waals surface area contributed by atoms with E-state index < -0.39 is 97.5 Å². The lowest BCUT2D eigenvalue weighted by atomic mass is 10.0. The Morgan fingerprint density at radius 1 is 0.264 bits per heavy atom. The van der Waals surface area contributed by atoms with E-state index in [0.717, 1.165) is 103 Å². The van der Waals surface area contributed by atoms with E-state index in [1.165, 1.54) is 270 Å². The molecule has 0 saturated heterocycles. The summed E-state index contributed by atoms with van der Waals surface area (Å²) in [5.74, 6) is -2.13.